The smallest absolute Gasteiger partial charge is 0.336 e. The third-order valence-corrected chi connectivity index (χ3v) is 7.50. The van der Waals surface area contributed by atoms with Gasteiger partial charge in [-0.2, -0.15) is 0 Å². The lowest BCUT2D eigenvalue weighted by Crippen LogP contribution is -2.48. The maximum absolute atomic E-state index is 12.6. The molecule has 1 heterocycles. The van der Waals surface area contributed by atoms with Gasteiger partial charge in [0.2, 0.25) is 5.91 Å². The summed E-state index contributed by atoms with van der Waals surface area (Å²) in [6, 6.07) is 6.89. The number of amides is 1. The van der Waals surface area contributed by atoms with Crippen molar-refractivity contribution in [3.63, 3.8) is 0 Å². The molecule has 0 radical (unpaired) electrons. The number of fused-ring (bicyclic) bond motifs is 1. The minimum atomic E-state index is -0.507. The van der Waals surface area contributed by atoms with E-state index in [4.69, 9.17) is 9.15 Å². The van der Waals surface area contributed by atoms with Crippen LogP contribution in [0.4, 0.5) is 0 Å². The predicted molar refractivity (Wildman–Crippen MR) is 115 cm³/mol. The van der Waals surface area contributed by atoms with Crippen LogP contribution < -0.4 is 10.9 Å². The van der Waals surface area contributed by atoms with E-state index in [0.29, 0.717) is 17.6 Å². The first-order valence-corrected chi connectivity index (χ1v) is 11.3. The van der Waals surface area contributed by atoms with E-state index < -0.39 is 11.6 Å². The maximum atomic E-state index is 12.6. The van der Waals surface area contributed by atoms with Crippen molar-refractivity contribution in [2.24, 2.45) is 23.2 Å². The van der Waals surface area contributed by atoms with E-state index in [1.54, 1.807) is 6.07 Å². The largest absolute Gasteiger partial charge is 0.459 e. The number of benzene rings is 1. The number of hydrogen-bond acceptors (Lipinski definition) is 5. The highest BCUT2D eigenvalue weighted by atomic mass is 16.5. The number of ether oxygens (including phenoxy) is 1. The van der Waals surface area contributed by atoms with Crippen molar-refractivity contribution in [3.05, 3.63) is 45.8 Å². The van der Waals surface area contributed by atoms with Crippen LogP contribution in [0.5, 0.6) is 0 Å². The van der Waals surface area contributed by atoms with Gasteiger partial charge in [-0.05, 0) is 80.2 Å². The fourth-order valence-corrected chi connectivity index (χ4v) is 6.75. The molecule has 6 heteroatoms. The van der Waals surface area contributed by atoms with Crippen LogP contribution in [0.1, 0.15) is 56.1 Å². The van der Waals surface area contributed by atoms with Gasteiger partial charge in [0.15, 0.2) is 0 Å². The zero-order valence-electron chi connectivity index (χ0n) is 17.9. The van der Waals surface area contributed by atoms with Gasteiger partial charge in [-0.15, -0.1) is 0 Å². The van der Waals surface area contributed by atoms with Crippen molar-refractivity contribution in [1.29, 1.82) is 0 Å². The molecule has 1 N–H and O–H groups in total. The summed E-state index contributed by atoms with van der Waals surface area (Å²) in [5, 5.41) is 3.50. The first-order valence-electron chi connectivity index (χ1n) is 11.3. The van der Waals surface area contributed by atoms with Crippen LogP contribution in [0.15, 0.2) is 33.5 Å². The molecule has 4 aliphatic rings. The van der Waals surface area contributed by atoms with E-state index in [0.717, 1.165) is 28.7 Å². The number of nitrogens with one attached hydrogen (secondary N) is 1. The molecule has 1 amide bonds. The Labute approximate surface area is 181 Å². The second-order valence-electron chi connectivity index (χ2n) is 10.1. The summed E-state index contributed by atoms with van der Waals surface area (Å²) in [4.78, 5) is 36.6. The van der Waals surface area contributed by atoms with E-state index >= 15 is 0 Å². The minimum Gasteiger partial charge on any atom is -0.459 e. The highest BCUT2D eigenvalue weighted by Crippen LogP contribution is 2.61. The van der Waals surface area contributed by atoms with Gasteiger partial charge >= 0.3 is 11.6 Å². The highest BCUT2D eigenvalue weighted by Gasteiger charge is 2.51. The van der Waals surface area contributed by atoms with Crippen LogP contribution in [-0.4, -0.2) is 18.4 Å². The molecular formula is C25H29NO5. The Balaban J connectivity index is 1.15. The SMILES string of the molecule is Cc1ccc2c(COC(=O)CNC(=O)CC34CC5CC(CC(C5)C3)C4)cc(=O)oc2c1. The fourth-order valence-electron chi connectivity index (χ4n) is 6.75. The lowest BCUT2D eigenvalue weighted by Gasteiger charge is -2.56. The van der Waals surface area contributed by atoms with Crippen LogP contribution in [-0.2, 0) is 20.9 Å². The zero-order valence-corrected chi connectivity index (χ0v) is 17.9. The van der Waals surface area contributed by atoms with E-state index in [-0.39, 0.29) is 24.5 Å². The Kier molecular flexibility index (Phi) is 5.11. The van der Waals surface area contributed by atoms with Gasteiger partial charge in [-0.1, -0.05) is 12.1 Å². The van der Waals surface area contributed by atoms with Gasteiger partial charge in [0.25, 0.3) is 0 Å². The predicted octanol–water partition coefficient (Wildman–Crippen LogP) is 3.87. The fraction of sp³-hybridized carbons (Fsp3) is 0.560. The van der Waals surface area contributed by atoms with E-state index in [2.05, 4.69) is 5.32 Å². The van der Waals surface area contributed by atoms with Crippen molar-refractivity contribution in [2.75, 3.05) is 6.54 Å². The first-order chi connectivity index (χ1) is 14.9. The number of carbonyl (C=O) groups is 2. The van der Waals surface area contributed by atoms with Gasteiger partial charge < -0.3 is 14.5 Å². The Morgan fingerprint density at radius 3 is 2.45 bits per heavy atom. The maximum Gasteiger partial charge on any atom is 0.336 e. The molecule has 4 fully saturated rings. The van der Waals surface area contributed by atoms with Gasteiger partial charge in [-0.3, -0.25) is 9.59 Å². The van der Waals surface area contributed by atoms with Gasteiger partial charge in [0.05, 0.1) is 0 Å². The molecule has 0 saturated heterocycles. The van der Waals surface area contributed by atoms with Gasteiger partial charge in [0.1, 0.15) is 18.7 Å². The second-order valence-corrected chi connectivity index (χ2v) is 10.1. The van der Waals surface area contributed by atoms with Crippen molar-refractivity contribution in [3.8, 4) is 0 Å². The number of hydrogen-bond donors (Lipinski definition) is 1. The topological polar surface area (TPSA) is 85.6 Å². The van der Waals surface area contributed by atoms with Gasteiger partial charge in [0, 0.05) is 23.4 Å². The lowest BCUT2D eigenvalue weighted by molar-refractivity contribution is -0.146. The molecular weight excluding hydrogens is 394 g/mol. The molecule has 6 rings (SSSR count). The molecule has 4 aliphatic carbocycles. The molecule has 0 atom stereocenters. The van der Waals surface area contributed by atoms with Crippen molar-refractivity contribution in [1.82, 2.24) is 5.32 Å². The molecule has 1 aromatic carbocycles. The standard InChI is InChI=1S/C25H29NO5/c1-15-2-3-20-19(8-23(28)31-21(20)4-15)14-30-24(29)13-26-22(27)12-25-9-16-5-17(10-25)7-18(6-16)11-25/h2-4,8,16-18H,5-7,9-14H2,1H3,(H,26,27). The molecule has 6 nitrogen and oxygen atoms in total. The number of esters is 1. The van der Waals surface area contributed by atoms with Crippen LogP contribution in [0.3, 0.4) is 0 Å². The summed E-state index contributed by atoms with van der Waals surface area (Å²) in [5.74, 6) is 1.83. The molecule has 0 unspecified atom stereocenters. The summed E-state index contributed by atoms with van der Waals surface area (Å²) < 4.78 is 10.6. The van der Waals surface area contributed by atoms with Crippen LogP contribution in [0.25, 0.3) is 11.0 Å². The van der Waals surface area contributed by atoms with E-state index in [9.17, 15) is 14.4 Å². The summed E-state index contributed by atoms with van der Waals surface area (Å²) in [6.07, 6.45) is 8.06. The van der Waals surface area contributed by atoms with E-state index in [1.165, 1.54) is 44.6 Å². The number of carbonyl (C=O) groups excluding carboxylic acids is 2. The third kappa shape index (κ3) is 4.25. The zero-order chi connectivity index (χ0) is 21.6. The van der Waals surface area contributed by atoms with Crippen molar-refractivity contribution < 1.29 is 18.7 Å². The van der Waals surface area contributed by atoms with Crippen molar-refractivity contribution in [2.45, 2.75) is 58.5 Å². The Bertz CT molecular complexity index is 1050. The molecule has 1 aromatic heterocycles. The molecule has 4 saturated carbocycles. The number of rotatable bonds is 6. The molecule has 2 aromatic rings. The number of aryl methyl sites for hydroxylation is 1. The van der Waals surface area contributed by atoms with Crippen molar-refractivity contribution >= 4 is 22.8 Å². The van der Waals surface area contributed by atoms with Gasteiger partial charge in [-0.25, -0.2) is 4.79 Å². The normalized spacial score (nSPS) is 28.6. The first kappa shape index (κ1) is 20.3. The Morgan fingerprint density at radius 1 is 1.10 bits per heavy atom. The minimum absolute atomic E-state index is 0.0329. The second kappa shape index (κ2) is 7.81. The monoisotopic (exact) mass is 423 g/mol. The average molecular weight is 424 g/mol. The van der Waals surface area contributed by atoms with Crippen LogP contribution in [0.2, 0.25) is 0 Å². The molecule has 0 spiro atoms. The summed E-state index contributed by atoms with van der Waals surface area (Å²) in [7, 11) is 0. The molecule has 0 aliphatic heterocycles. The summed E-state index contributed by atoms with van der Waals surface area (Å²) in [5.41, 5.74) is 1.72. The Hall–Kier alpha value is -2.63. The molecule has 4 bridgehead atoms. The van der Waals surface area contributed by atoms with E-state index in [1.807, 2.05) is 19.1 Å². The highest BCUT2D eigenvalue weighted by molar-refractivity contribution is 5.83. The molecule has 164 valence electrons. The summed E-state index contributed by atoms with van der Waals surface area (Å²) in [6.45, 7) is 1.73. The molecule has 31 heavy (non-hydrogen) atoms. The Morgan fingerprint density at radius 2 is 1.77 bits per heavy atom. The van der Waals surface area contributed by atoms with Crippen LogP contribution >= 0.6 is 0 Å². The average Bonchev–Trinajstić information content (AvgIpc) is 2.68. The summed E-state index contributed by atoms with van der Waals surface area (Å²) >= 11 is 0. The third-order valence-electron chi connectivity index (χ3n) is 7.50. The lowest BCUT2D eigenvalue weighted by atomic mass is 9.49. The quantitative estimate of drug-likeness (QED) is 0.563. The van der Waals surface area contributed by atoms with Crippen LogP contribution in [0, 0.1) is 30.1 Å².